The normalized spacial score (nSPS) is 44.5. The molecule has 2 aliphatic carbocycles. The van der Waals surface area contributed by atoms with E-state index in [1.54, 1.807) is 0 Å². The summed E-state index contributed by atoms with van der Waals surface area (Å²) >= 11 is 0. The van der Waals surface area contributed by atoms with E-state index in [4.69, 9.17) is 9.47 Å². The van der Waals surface area contributed by atoms with E-state index in [0.717, 1.165) is 51.9 Å². The molecular weight excluding hydrogens is 356 g/mol. The summed E-state index contributed by atoms with van der Waals surface area (Å²) in [6.07, 6.45) is 8.48. The molecule has 0 aromatic carbocycles. The lowest BCUT2D eigenvalue weighted by molar-refractivity contribution is -0.147. The van der Waals surface area contributed by atoms with Crippen molar-refractivity contribution in [3.63, 3.8) is 0 Å². The lowest BCUT2D eigenvalue weighted by atomic mass is 9.53. The number of hydrogen-bond acceptors (Lipinski definition) is 5. The number of nitrogens with one attached hydrogen (secondary N) is 1. The van der Waals surface area contributed by atoms with Crippen molar-refractivity contribution in [3.8, 4) is 0 Å². The van der Waals surface area contributed by atoms with Gasteiger partial charge in [-0.2, -0.15) is 0 Å². The van der Waals surface area contributed by atoms with Gasteiger partial charge in [-0.15, -0.1) is 0 Å². The van der Waals surface area contributed by atoms with Crippen LogP contribution in [0.15, 0.2) is 0 Å². The molecule has 0 bridgehead atoms. The quantitative estimate of drug-likeness (QED) is 0.427. The number of carbonyl (C=O) groups excluding carboxylic acids is 2. The first-order chi connectivity index (χ1) is 13.5. The van der Waals surface area contributed by atoms with Gasteiger partial charge in [0.15, 0.2) is 0 Å². The monoisotopic (exact) mass is 390 g/mol. The zero-order valence-electron chi connectivity index (χ0n) is 17.1. The van der Waals surface area contributed by atoms with Crippen LogP contribution >= 0.6 is 0 Å². The third-order valence-corrected chi connectivity index (χ3v) is 8.40. The fourth-order valence-electron chi connectivity index (χ4n) is 6.78. The third kappa shape index (κ3) is 3.17. The summed E-state index contributed by atoms with van der Waals surface area (Å²) in [5.74, 6) is 1.16. The maximum absolute atomic E-state index is 12.6. The first-order valence-electron chi connectivity index (χ1n) is 11.3. The molecule has 3 aliphatic heterocycles. The maximum Gasteiger partial charge on any atom is 0.310 e. The molecule has 0 radical (unpaired) electrons. The maximum atomic E-state index is 12.6. The van der Waals surface area contributed by atoms with E-state index in [2.05, 4.69) is 12.2 Å². The zero-order chi connectivity index (χ0) is 19.4. The highest BCUT2D eigenvalue weighted by molar-refractivity contribution is 5.78. The number of amides is 1. The minimum Gasteiger partial charge on any atom is -0.462 e. The van der Waals surface area contributed by atoms with Gasteiger partial charge >= 0.3 is 5.97 Å². The average molecular weight is 391 g/mol. The second-order valence-corrected chi connectivity index (χ2v) is 10.1. The molecule has 6 heteroatoms. The van der Waals surface area contributed by atoms with Gasteiger partial charge < -0.3 is 19.7 Å². The molecule has 3 heterocycles. The molecule has 6 nitrogen and oxygen atoms in total. The molecule has 5 fully saturated rings. The molecule has 28 heavy (non-hydrogen) atoms. The third-order valence-electron chi connectivity index (χ3n) is 8.40. The summed E-state index contributed by atoms with van der Waals surface area (Å²) in [4.78, 5) is 26.2. The van der Waals surface area contributed by atoms with Gasteiger partial charge in [0.2, 0.25) is 5.91 Å². The van der Waals surface area contributed by atoms with Gasteiger partial charge in [-0.3, -0.25) is 9.59 Å². The van der Waals surface area contributed by atoms with Gasteiger partial charge in [-0.1, -0.05) is 6.92 Å². The SMILES string of the molecule is C[C@]12CCCC3(CO3)C1C[C@@H]1C(CNCCCN3CCCC3=O)C(=O)O[C@@H]1C2. The highest BCUT2D eigenvalue weighted by Crippen LogP contribution is 2.62. The Morgan fingerprint density at radius 1 is 1.25 bits per heavy atom. The van der Waals surface area contributed by atoms with Gasteiger partial charge in [0.05, 0.1) is 18.1 Å². The van der Waals surface area contributed by atoms with E-state index in [0.29, 0.717) is 24.8 Å². The molecule has 0 aromatic heterocycles. The number of epoxide rings is 1. The number of ether oxygens (including phenoxy) is 2. The molecule has 1 N–H and O–H groups in total. The smallest absolute Gasteiger partial charge is 0.310 e. The van der Waals surface area contributed by atoms with Gasteiger partial charge in [-0.05, 0) is 62.8 Å². The van der Waals surface area contributed by atoms with Crippen LogP contribution in [0, 0.1) is 23.2 Å². The molecule has 3 saturated heterocycles. The van der Waals surface area contributed by atoms with E-state index >= 15 is 0 Å². The number of nitrogens with zero attached hydrogens (tertiary/aromatic N) is 1. The number of fused-ring (bicyclic) bond motifs is 3. The van der Waals surface area contributed by atoms with Crippen molar-refractivity contribution in [3.05, 3.63) is 0 Å². The predicted molar refractivity (Wildman–Crippen MR) is 104 cm³/mol. The molecule has 1 amide bonds. The van der Waals surface area contributed by atoms with Gasteiger partial charge in [0.1, 0.15) is 6.10 Å². The molecule has 6 atom stereocenters. The summed E-state index contributed by atoms with van der Waals surface area (Å²) in [6.45, 7) is 6.59. The fraction of sp³-hybridized carbons (Fsp3) is 0.909. The molecule has 1 spiro atoms. The molecule has 5 rings (SSSR count). The molecule has 156 valence electrons. The number of hydrogen-bond donors (Lipinski definition) is 1. The van der Waals surface area contributed by atoms with Crippen molar-refractivity contribution in [1.29, 1.82) is 0 Å². The Morgan fingerprint density at radius 2 is 2.11 bits per heavy atom. The first kappa shape index (κ1) is 18.9. The Morgan fingerprint density at radius 3 is 2.86 bits per heavy atom. The summed E-state index contributed by atoms with van der Waals surface area (Å²) in [5, 5.41) is 3.48. The predicted octanol–water partition coefficient (Wildman–Crippen LogP) is 2.12. The number of carbonyl (C=O) groups is 2. The van der Waals surface area contributed by atoms with Crippen molar-refractivity contribution < 1.29 is 19.1 Å². The summed E-state index contributed by atoms with van der Waals surface area (Å²) in [6, 6.07) is 0. The topological polar surface area (TPSA) is 71.2 Å². The second kappa shape index (κ2) is 6.98. The summed E-state index contributed by atoms with van der Waals surface area (Å²) in [5.41, 5.74) is 0.380. The van der Waals surface area contributed by atoms with Crippen molar-refractivity contribution >= 4 is 11.9 Å². The van der Waals surface area contributed by atoms with Gasteiger partial charge in [0.25, 0.3) is 0 Å². The molecule has 0 aromatic rings. The van der Waals surface area contributed by atoms with Crippen LogP contribution in [0.2, 0.25) is 0 Å². The Labute approximate surface area is 167 Å². The minimum atomic E-state index is -0.0271. The van der Waals surface area contributed by atoms with Crippen LogP contribution in [-0.2, 0) is 19.1 Å². The van der Waals surface area contributed by atoms with Crippen LogP contribution in [0.1, 0.15) is 58.3 Å². The Kier molecular flexibility index (Phi) is 4.70. The molecular formula is C22H34N2O4. The van der Waals surface area contributed by atoms with Crippen molar-refractivity contribution in [2.75, 3.05) is 32.8 Å². The van der Waals surface area contributed by atoms with Crippen molar-refractivity contribution in [1.82, 2.24) is 10.2 Å². The first-order valence-corrected chi connectivity index (χ1v) is 11.3. The average Bonchev–Trinajstić information content (AvgIpc) is 3.20. The summed E-state index contributed by atoms with van der Waals surface area (Å²) in [7, 11) is 0. The largest absolute Gasteiger partial charge is 0.462 e. The van der Waals surface area contributed by atoms with Crippen molar-refractivity contribution in [2.45, 2.75) is 70.0 Å². The summed E-state index contributed by atoms with van der Waals surface area (Å²) < 4.78 is 11.8. The van der Waals surface area contributed by atoms with Gasteiger partial charge in [0, 0.05) is 32.0 Å². The number of esters is 1. The molecule has 2 saturated carbocycles. The Balaban J connectivity index is 1.15. The van der Waals surface area contributed by atoms with Crippen LogP contribution in [0.5, 0.6) is 0 Å². The van der Waals surface area contributed by atoms with Crippen LogP contribution in [-0.4, -0.2) is 61.3 Å². The zero-order valence-corrected chi connectivity index (χ0v) is 17.1. The Hall–Kier alpha value is -1.14. The van der Waals surface area contributed by atoms with Gasteiger partial charge in [-0.25, -0.2) is 0 Å². The second-order valence-electron chi connectivity index (χ2n) is 10.1. The minimum absolute atomic E-state index is 0.00904. The highest BCUT2D eigenvalue weighted by Gasteiger charge is 2.64. The highest BCUT2D eigenvalue weighted by atomic mass is 16.6. The molecule has 3 unspecified atom stereocenters. The van der Waals surface area contributed by atoms with E-state index < -0.39 is 0 Å². The van der Waals surface area contributed by atoms with Crippen LogP contribution in [0.3, 0.4) is 0 Å². The Bertz CT molecular complexity index is 648. The van der Waals surface area contributed by atoms with Crippen LogP contribution in [0.25, 0.3) is 0 Å². The number of rotatable bonds is 6. The lowest BCUT2D eigenvalue weighted by Gasteiger charge is -2.51. The van der Waals surface area contributed by atoms with E-state index in [9.17, 15) is 9.59 Å². The van der Waals surface area contributed by atoms with E-state index in [1.165, 1.54) is 19.3 Å². The number of likely N-dealkylation sites (tertiary alicyclic amines) is 1. The van der Waals surface area contributed by atoms with Crippen molar-refractivity contribution in [2.24, 2.45) is 23.2 Å². The molecule has 5 aliphatic rings. The lowest BCUT2D eigenvalue weighted by Crippen LogP contribution is -2.51. The standard InChI is InChI=1S/C22H34N2O4/c1-21-6-3-7-22(14-27-22)18(21)11-15-16(20(26)28-17(15)12-21)13-23-8-4-10-24-9-2-5-19(24)25/h15-18,23H,2-14H2,1H3/t15-,16?,17-,18?,21-,22?/m1/s1. The fourth-order valence-corrected chi connectivity index (χ4v) is 6.78. The van der Waals surface area contributed by atoms with E-state index in [-0.39, 0.29) is 34.9 Å². The van der Waals surface area contributed by atoms with E-state index in [1.807, 2.05) is 4.90 Å². The van der Waals surface area contributed by atoms with Crippen LogP contribution < -0.4 is 5.32 Å². The van der Waals surface area contributed by atoms with Crippen LogP contribution in [0.4, 0.5) is 0 Å².